The molecule has 0 spiro atoms. The Morgan fingerprint density at radius 3 is 3.07 bits per heavy atom. The molecule has 27 heavy (non-hydrogen) atoms. The van der Waals surface area contributed by atoms with Gasteiger partial charge in [-0.1, -0.05) is 0 Å². The van der Waals surface area contributed by atoms with Crippen LogP contribution >= 0.6 is 0 Å². The van der Waals surface area contributed by atoms with Crippen LogP contribution in [0.4, 0.5) is 0 Å². The number of fused-ring (bicyclic) bond motifs is 1. The number of rotatable bonds is 4. The van der Waals surface area contributed by atoms with Gasteiger partial charge in [-0.05, 0) is 43.9 Å². The number of aromatic nitrogens is 2. The number of amides is 2. The molecule has 4 rings (SSSR count). The lowest BCUT2D eigenvalue weighted by Gasteiger charge is -2.32. The first-order chi connectivity index (χ1) is 13.1. The Morgan fingerprint density at radius 1 is 1.37 bits per heavy atom. The zero-order chi connectivity index (χ0) is 18.8. The Bertz CT molecular complexity index is 974. The van der Waals surface area contributed by atoms with E-state index in [0.717, 1.165) is 24.8 Å². The number of likely N-dealkylation sites (tertiary alicyclic amines) is 1. The number of piperidine rings is 1. The lowest BCUT2D eigenvalue weighted by Crippen LogP contribution is -2.43. The maximum atomic E-state index is 12.7. The first kappa shape index (κ1) is 17.3. The standard InChI is InChI=1S/C20H22N4O3/c1-13-15(6-9-27-13)20(26)24-8-3-4-14(12-24)10-23-19(25)17-11-22-18-16(17)5-2-7-21-18/h2,5-7,9,11,14H,3-4,8,10,12H2,1H3,(H,21,22)(H,23,25). The highest BCUT2D eigenvalue weighted by molar-refractivity contribution is 6.05. The van der Waals surface area contributed by atoms with Crippen LogP contribution in [0.1, 0.15) is 39.3 Å². The second-order valence-electron chi connectivity index (χ2n) is 6.96. The van der Waals surface area contributed by atoms with Crippen LogP contribution in [0.3, 0.4) is 0 Å². The molecule has 1 saturated heterocycles. The Hall–Kier alpha value is -3.09. The van der Waals surface area contributed by atoms with Crippen LogP contribution in [0.15, 0.2) is 41.3 Å². The first-order valence-corrected chi connectivity index (χ1v) is 9.17. The van der Waals surface area contributed by atoms with E-state index < -0.39 is 0 Å². The number of carbonyl (C=O) groups excluding carboxylic acids is 2. The Kier molecular flexibility index (Phi) is 4.66. The minimum atomic E-state index is -0.122. The number of nitrogens with zero attached hydrogens (tertiary/aromatic N) is 2. The lowest BCUT2D eigenvalue weighted by atomic mass is 9.97. The highest BCUT2D eigenvalue weighted by atomic mass is 16.3. The van der Waals surface area contributed by atoms with Gasteiger partial charge in [-0.2, -0.15) is 0 Å². The number of pyridine rings is 1. The quantitative estimate of drug-likeness (QED) is 0.743. The zero-order valence-electron chi connectivity index (χ0n) is 15.2. The molecule has 1 unspecified atom stereocenters. The van der Waals surface area contributed by atoms with E-state index in [1.807, 2.05) is 17.0 Å². The molecule has 0 aromatic carbocycles. The van der Waals surface area contributed by atoms with Gasteiger partial charge in [-0.15, -0.1) is 0 Å². The van der Waals surface area contributed by atoms with Crippen molar-refractivity contribution in [3.63, 3.8) is 0 Å². The number of hydrogen-bond acceptors (Lipinski definition) is 4. The second-order valence-corrected chi connectivity index (χ2v) is 6.96. The molecule has 7 nitrogen and oxygen atoms in total. The molecule has 2 amide bonds. The monoisotopic (exact) mass is 366 g/mol. The van der Waals surface area contributed by atoms with Gasteiger partial charge in [0.05, 0.1) is 17.4 Å². The fourth-order valence-corrected chi connectivity index (χ4v) is 3.67. The van der Waals surface area contributed by atoms with E-state index >= 15 is 0 Å². The molecule has 1 aliphatic rings. The summed E-state index contributed by atoms with van der Waals surface area (Å²) in [4.78, 5) is 34.3. The molecule has 0 bridgehead atoms. The van der Waals surface area contributed by atoms with E-state index in [1.165, 1.54) is 0 Å². The maximum Gasteiger partial charge on any atom is 0.257 e. The summed E-state index contributed by atoms with van der Waals surface area (Å²) in [7, 11) is 0. The molecule has 0 aliphatic carbocycles. The van der Waals surface area contributed by atoms with Gasteiger partial charge < -0.3 is 19.6 Å². The van der Waals surface area contributed by atoms with Crippen molar-refractivity contribution in [2.24, 2.45) is 5.92 Å². The number of aryl methyl sites for hydroxylation is 1. The second kappa shape index (κ2) is 7.26. The van der Waals surface area contributed by atoms with Gasteiger partial charge in [-0.3, -0.25) is 9.59 Å². The van der Waals surface area contributed by atoms with Crippen molar-refractivity contribution in [1.29, 1.82) is 0 Å². The molecule has 1 aliphatic heterocycles. The fraction of sp³-hybridized carbons (Fsp3) is 0.350. The van der Waals surface area contributed by atoms with Gasteiger partial charge >= 0.3 is 0 Å². The van der Waals surface area contributed by atoms with Crippen molar-refractivity contribution in [2.45, 2.75) is 19.8 Å². The predicted molar refractivity (Wildman–Crippen MR) is 100 cm³/mol. The van der Waals surface area contributed by atoms with Crippen molar-refractivity contribution >= 4 is 22.8 Å². The van der Waals surface area contributed by atoms with Crippen LogP contribution in [0, 0.1) is 12.8 Å². The minimum Gasteiger partial charge on any atom is -0.469 e. The average Bonchev–Trinajstić information content (AvgIpc) is 3.32. The summed E-state index contributed by atoms with van der Waals surface area (Å²) in [5, 5.41) is 3.82. The van der Waals surface area contributed by atoms with Crippen LogP contribution in [-0.4, -0.2) is 46.3 Å². The first-order valence-electron chi connectivity index (χ1n) is 9.17. The summed E-state index contributed by atoms with van der Waals surface area (Å²) in [6, 6.07) is 5.41. The van der Waals surface area contributed by atoms with Crippen molar-refractivity contribution < 1.29 is 14.0 Å². The molecule has 0 saturated carbocycles. The van der Waals surface area contributed by atoms with Crippen molar-refractivity contribution in [2.75, 3.05) is 19.6 Å². The van der Waals surface area contributed by atoms with Crippen LogP contribution in [0.25, 0.3) is 11.0 Å². The van der Waals surface area contributed by atoms with E-state index in [1.54, 1.807) is 31.6 Å². The number of hydrogen-bond donors (Lipinski definition) is 2. The Balaban J connectivity index is 1.37. The van der Waals surface area contributed by atoms with Crippen LogP contribution in [0.2, 0.25) is 0 Å². The largest absolute Gasteiger partial charge is 0.469 e. The molecule has 3 aromatic rings. The molecule has 1 fully saturated rings. The Labute approximate surface area is 156 Å². The van der Waals surface area contributed by atoms with Crippen LogP contribution in [-0.2, 0) is 0 Å². The topological polar surface area (TPSA) is 91.2 Å². The summed E-state index contributed by atoms with van der Waals surface area (Å²) >= 11 is 0. The van der Waals surface area contributed by atoms with Gasteiger partial charge in [0, 0.05) is 37.4 Å². The molecule has 7 heteroatoms. The highest BCUT2D eigenvalue weighted by Gasteiger charge is 2.26. The Morgan fingerprint density at radius 2 is 2.26 bits per heavy atom. The van der Waals surface area contributed by atoms with Gasteiger partial charge in [0.1, 0.15) is 11.4 Å². The molecule has 0 radical (unpaired) electrons. The van der Waals surface area contributed by atoms with Gasteiger partial charge in [0.25, 0.3) is 11.8 Å². The molecule has 2 N–H and O–H groups in total. The lowest BCUT2D eigenvalue weighted by molar-refractivity contribution is 0.0669. The average molecular weight is 366 g/mol. The van der Waals surface area contributed by atoms with Crippen molar-refractivity contribution in [3.8, 4) is 0 Å². The zero-order valence-corrected chi connectivity index (χ0v) is 15.2. The normalized spacial score (nSPS) is 17.2. The third-order valence-electron chi connectivity index (χ3n) is 5.14. The molecular weight excluding hydrogens is 344 g/mol. The number of furan rings is 1. The molecular formula is C20H22N4O3. The summed E-state index contributed by atoms with van der Waals surface area (Å²) in [6.45, 7) is 3.71. The van der Waals surface area contributed by atoms with Crippen molar-refractivity contribution in [1.82, 2.24) is 20.2 Å². The summed E-state index contributed by atoms with van der Waals surface area (Å²) in [5.74, 6) is 0.758. The van der Waals surface area contributed by atoms with Crippen LogP contribution < -0.4 is 5.32 Å². The molecule has 4 heterocycles. The van der Waals surface area contributed by atoms with Gasteiger partial charge in [0.2, 0.25) is 0 Å². The summed E-state index contributed by atoms with van der Waals surface area (Å²) in [5.41, 5.74) is 1.91. The van der Waals surface area contributed by atoms with Crippen molar-refractivity contribution in [3.05, 3.63) is 53.7 Å². The summed E-state index contributed by atoms with van der Waals surface area (Å²) in [6.07, 6.45) is 6.84. The third kappa shape index (κ3) is 3.45. The predicted octanol–water partition coefficient (Wildman–Crippen LogP) is 2.75. The number of nitrogens with one attached hydrogen (secondary N) is 2. The molecule has 3 aromatic heterocycles. The van der Waals surface area contributed by atoms with E-state index in [9.17, 15) is 9.59 Å². The van der Waals surface area contributed by atoms with E-state index in [-0.39, 0.29) is 17.7 Å². The van der Waals surface area contributed by atoms with Crippen LogP contribution in [0.5, 0.6) is 0 Å². The number of aromatic amines is 1. The molecule has 1 atom stereocenters. The van der Waals surface area contributed by atoms with Gasteiger partial charge in [0.15, 0.2) is 0 Å². The minimum absolute atomic E-state index is 0.0000190. The smallest absolute Gasteiger partial charge is 0.257 e. The van der Waals surface area contributed by atoms with E-state index in [2.05, 4.69) is 15.3 Å². The highest BCUT2D eigenvalue weighted by Crippen LogP contribution is 2.21. The van der Waals surface area contributed by atoms with E-state index in [0.29, 0.717) is 35.6 Å². The maximum absolute atomic E-state index is 12.7. The molecule has 140 valence electrons. The summed E-state index contributed by atoms with van der Waals surface area (Å²) < 4.78 is 5.25. The number of carbonyl (C=O) groups is 2. The number of H-pyrrole nitrogens is 1. The van der Waals surface area contributed by atoms with Gasteiger partial charge in [-0.25, -0.2) is 4.98 Å². The third-order valence-corrected chi connectivity index (χ3v) is 5.14. The fourth-order valence-electron chi connectivity index (χ4n) is 3.67. The van der Waals surface area contributed by atoms with E-state index in [4.69, 9.17) is 4.42 Å². The SMILES string of the molecule is Cc1occc1C(=O)N1CCCC(CNC(=O)c2c[nH]c3ncccc23)C1.